The maximum absolute atomic E-state index is 5.86. The zero-order valence-corrected chi connectivity index (χ0v) is 10.0. The summed E-state index contributed by atoms with van der Waals surface area (Å²) < 4.78 is 5.86. The molecule has 15 heavy (non-hydrogen) atoms. The Hall–Kier alpha value is -0.680. The van der Waals surface area contributed by atoms with Crippen molar-refractivity contribution in [2.24, 2.45) is 0 Å². The number of aromatic nitrogens is 2. The van der Waals surface area contributed by atoms with Crippen molar-refractivity contribution in [1.82, 2.24) is 15.5 Å². The topological polar surface area (TPSA) is 47.0 Å². The first-order valence-corrected chi connectivity index (χ1v) is 6.25. The van der Waals surface area contributed by atoms with Crippen LogP contribution in [0.1, 0.15) is 30.7 Å². The molecule has 1 heterocycles. The number of likely N-dealkylation sites (N-methyl/N-ethyl adjacent to an activating group) is 1. The lowest BCUT2D eigenvalue weighted by atomic mass is 9.93. The molecule has 2 rings (SSSR count). The van der Waals surface area contributed by atoms with Crippen LogP contribution in [0.4, 0.5) is 0 Å². The minimum Gasteiger partial charge on any atom is -0.464 e. The Labute approximate surface area is 94.1 Å². The van der Waals surface area contributed by atoms with Crippen LogP contribution in [0.5, 0.6) is 5.19 Å². The first-order valence-electron chi connectivity index (χ1n) is 5.43. The van der Waals surface area contributed by atoms with Crippen LogP contribution in [0.3, 0.4) is 0 Å². The van der Waals surface area contributed by atoms with Crippen LogP contribution in [-0.4, -0.2) is 29.4 Å². The van der Waals surface area contributed by atoms with Crippen LogP contribution in [0.15, 0.2) is 0 Å². The van der Waals surface area contributed by atoms with E-state index in [1.807, 2.05) is 14.0 Å². The lowest BCUT2D eigenvalue weighted by Crippen LogP contribution is -2.43. The summed E-state index contributed by atoms with van der Waals surface area (Å²) in [6.07, 6.45) is 5.11. The number of nitrogens with zero attached hydrogens (tertiary/aromatic N) is 2. The minimum absolute atomic E-state index is 0.260. The van der Waals surface area contributed by atoms with Crippen molar-refractivity contribution in [3.63, 3.8) is 0 Å². The zero-order chi connectivity index (χ0) is 10.7. The molecule has 1 N–H and O–H groups in total. The highest BCUT2D eigenvalue weighted by Crippen LogP contribution is 2.25. The maximum Gasteiger partial charge on any atom is 0.294 e. The van der Waals surface area contributed by atoms with Crippen LogP contribution < -0.4 is 10.1 Å². The van der Waals surface area contributed by atoms with E-state index in [0.717, 1.165) is 11.4 Å². The number of hydrogen-bond acceptors (Lipinski definition) is 5. The van der Waals surface area contributed by atoms with E-state index in [9.17, 15) is 0 Å². The van der Waals surface area contributed by atoms with Crippen molar-refractivity contribution in [3.05, 3.63) is 5.01 Å². The summed E-state index contributed by atoms with van der Waals surface area (Å²) in [7, 11) is 2.00. The Balaban J connectivity index is 1.97. The highest BCUT2D eigenvalue weighted by Gasteiger charge is 2.26. The molecule has 1 aromatic heterocycles. The van der Waals surface area contributed by atoms with E-state index in [-0.39, 0.29) is 6.10 Å². The van der Waals surface area contributed by atoms with Crippen LogP contribution in [0.25, 0.3) is 0 Å². The average Bonchev–Trinajstić information content (AvgIpc) is 2.65. The van der Waals surface area contributed by atoms with Gasteiger partial charge < -0.3 is 10.1 Å². The van der Waals surface area contributed by atoms with Gasteiger partial charge in [-0.2, -0.15) is 0 Å². The number of ether oxygens (including phenoxy) is 1. The van der Waals surface area contributed by atoms with E-state index in [2.05, 4.69) is 15.5 Å². The average molecular weight is 227 g/mol. The fraction of sp³-hybridized carbons (Fsp3) is 0.800. The quantitative estimate of drug-likeness (QED) is 0.854. The summed E-state index contributed by atoms with van der Waals surface area (Å²) >= 11 is 1.52. The zero-order valence-electron chi connectivity index (χ0n) is 9.19. The van der Waals surface area contributed by atoms with E-state index >= 15 is 0 Å². The number of aryl methyl sites for hydroxylation is 1. The van der Waals surface area contributed by atoms with Crippen LogP contribution in [0, 0.1) is 6.92 Å². The third-order valence-corrected chi connectivity index (χ3v) is 3.56. The summed E-state index contributed by atoms with van der Waals surface area (Å²) in [5.74, 6) is 0. The molecule has 1 saturated carbocycles. The molecular weight excluding hydrogens is 210 g/mol. The molecule has 5 heteroatoms. The highest BCUT2D eigenvalue weighted by molar-refractivity contribution is 7.12. The number of rotatable bonds is 3. The van der Waals surface area contributed by atoms with Gasteiger partial charge >= 0.3 is 0 Å². The SMILES string of the molecule is CNC1CCCCC1Oc1nnc(C)s1. The molecule has 0 saturated heterocycles. The summed E-state index contributed by atoms with van der Waals surface area (Å²) in [6, 6.07) is 0.461. The Morgan fingerprint density at radius 1 is 1.33 bits per heavy atom. The molecule has 0 spiro atoms. The van der Waals surface area contributed by atoms with E-state index in [1.165, 1.54) is 30.6 Å². The van der Waals surface area contributed by atoms with E-state index in [1.54, 1.807) is 0 Å². The molecule has 0 bridgehead atoms. The molecule has 1 aromatic rings. The van der Waals surface area contributed by atoms with Crippen molar-refractivity contribution in [1.29, 1.82) is 0 Å². The largest absolute Gasteiger partial charge is 0.464 e. The summed E-state index contributed by atoms with van der Waals surface area (Å²) in [6.45, 7) is 1.95. The van der Waals surface area contributed by atoms with E-state index in [4.69, 9.17) is 4.74 Å². The number of nitrogens with one attached hydrogen (secondary N) is 1. The van der Waals surface area contributed by atoms with Gasteiger partial charge in [-0.15, -0.1) is 10.2 Å². The van der Waals surface area contributed by atoms with Crippen molar-refractivity contribution in [2.75, 3.05) is 7.05 Å². The minimum atomic E-state index is 0.260. The third kappa shape index (κ3) is 2.66. The molecule has 1 aliphatic rings. The monoisotopic (exact) mass is 227 g/mol. The van der Waals surface area contributed by atoms with Gasteiger partial charge in [-0.3, -0.25) is 0 Å². The maximum atomic E-state index is 5.86. The lowest BCUT2D eigenvalue weighted by Gasteiger charge is -2.30. The Kier molecular flexibility index (Phi) is 3.53. The molecule has 0 aliphatic heterocycles. The Morgan fingerprint density at radius 3 is 2.80 bits per heavy atom. The first-order chi connectivity index (χ1) is 7.29. The van der Waals surface area contributed by atoms with Gasteiger partial charge in [-0.1, -0.05) is 17.8 Å². The van der Waals surface area contributed by atoms with E-state index < -0.39 is 0 Å². The van der Waals surface area contributed by atoms with Gasteiger partial charge in [0, 0.05) is 6.04 Å². The van der Waals surface area contributed by atoms with Crippen molar-refractivity contribution < 1.29 is 4.74 Å². The molecule has 2 unspecified atom stereocenters. The van der Waals surface area contributed by atoms with Crippen molar-refractivity contribution in [3.8, 4) is 5.19 Å². The predicted molar refractivity (Wildman–Crippen MR) is 60.4 cm³/mol. The molecule has 2 atom stereocenters. The second-order valence-corrected chi connectivity index (χ2v) is 5.07. The second kappa shape index (κ2) is 4.90. The molecule has 4 nitrogen and oxygen atoms in total. The van der Waals surface area contributed by atoms with Crippen LogP contribution >= 0.6 is 11.3 Å². The van der Waals surface area contributed by atoms with Crippen molar-refractivity contribution in [2.45, 2.75) is 44.8 Å². The van der Waals surface area contributed by atoms with Gasteiger partial charge in [-0.05, 0) is 33.2 Å². The molecule has 0 radical (unpaired) electrons. The van der Waals surface area contributed by atoms with Crippen LogP contribution in [0.2, 0.25) is 0 Å². The summed E-state index contributed by atoms with van der Waals surface area (Å²) in [5, 5.41) is 12.9. The Bertz CT molecular complexity index is 315. The van der Waals surface area contributed by atoms with Crippen molar-refractivity contribution >= 4 is 11.3 Å². The third-order valence-electron chi connectivity index (χ3n) is 2.83. The van der Waals surface area contributed by atoms with Gasteiger partial charge in [0.15, 0.2) is 0 Å². The summed E-state index contributed by atoms with van der Waals surface area (Å²) in [4.78, 5) is 0. The highest BCUT2D eigenvalue weighted by atomic mass is 32.1. The molecule has 84 valence electrons. The fourth-order valence-electron chi connectivity index (χ4n) is 2.02. The fourth-order valence-corrected chi connectivity index (χ4v) is 2.61. The molecule has 0 amide bonds. The predicted octanol–water partition coefficient (Wildman–Crippen LogP) is 1.76. The van der Waals surface area contributed by atoms with Gasteiger partial charge in [0.1, 0.15) is 11.1 Å². The smallest absolute Gasteiger partial charge is 0.294 e. The van der Waals surface area contributed by atoms with Gasteiger partial charge in [0.2, 0.25) is 0 Å². The van der Waals surface area contributed by atoms with Gasteiger partial charge in [0.25, 0.3) is 5.19 Å². The number of hydrogen-bond donors (Lipinski definition) is 1. The van der Waals surface area contributed by atoms with Gasteiger partial charge in [0.05, 0.1) is 0 Å². The first kappa shape index (κ1) is 10.8. The molecule has 0 aromatic carbocycles. The Morgan fingerprint density at radius 2 is 2.13 bits per heavy atom. The molecule has 1 fully saturated rings. The molecular formula is C10H17N3OS. The normalized spacial score (nSPS) is 26.5. The summed E-state index contributed by atoms with van der Waals surface area (Å²) in [5.41, 5.74) is 0. The standard InChI is InChI=1S/C10H17N3OS/c1-7-12-13-10(15-7)14-9-6-4-3-5-8(9)11-2/h8-9,11H,3-6H2,1-2H3. The van der Waals surface area contributed by atoms with E-state index in [0.29, 0.717) is 11.2 Å². The lowest BCUT2D eigenvalue weighted by molar-refractivity contribution is 0.117. The molecule has 1 aliphatic carbocycles. The second-order valence-electron chi connectivity index (χ2n) is 3.92. The van der Waals surface area contributed by atoms with Gasteiger partial charge in [-0.25, -0.2) is 0 Å². The van der Waals surface area contributed by atoms with Crippen LogP contribution in [-0.2, 0) is 0 Å².